The maximum absolute atomic E-state index is 12.9. The lowest BCUT2D eigenvalue weighted by Crippen LogP contribution is -2.30. The molecule has 0 aromatic carbocycles. The number of carbonyl (C=O) groups excluding carboxylic acids is 3. The number of rotatable bonds is 56. The molecule has 0 spiro atoms. The zero-order chi connectivity index (χ0) is 55.7. The molecular weight excluding hydrogens is 949 g/mol. The van der Waals surface area contributed by atoms with Gasteiger partial charge in [0.2, 0.25) is 0 Å². The van der Waals surface area contributed by atoms with Crippen molar-refractivity contribution in [3.63, 3.8) is 0 Å². The maximum atomic E-state index is 12.9. The Labute approximate surface area is 475 Å². The van der Waals surface area contributed by atoms with E-state index in [-0.39, 0.29) is 44.0 Å². The minimum absolute atomic E-state index is 0.121. The van der Waals surface area contributed by atoms with Gasteiger partial charge in [0.25, 0.3) is 0 Å². The molecule has 6 nitrogen and oxygen atoms in total. The molecule has 1 unspecified atom stereocenters. The summed E-state index contributed by atoms with van der Waals surface area (Å²) in [6, 6.07) is 0. The van der Waals surface area contributed by atoms with Gasteiger partial charge in [-0.15, -0.1) is 0 Å². The lowest BCUT2D eigenvalue weighted by molar-refractivity contribution is -0.167. The monoisotopic (exact) mass is 1060 g/mol. The fraction of sp³-hybridized carbons (Fsp3) is 0.648. The maximum Gasteiger partial charge on any atom is 0.306 e. The summed E-state index contributed by atoms with van der Waals surface area (Å²) in [5.41, 5.74) is 0. The van der Waals surface area contributed by atoms with Crippen LogP contribution in [0.2, 0.25) is 0 Å². The first-order valence-electron chi connectivity index (χ1n) is 31.7. The summed E-state index contributed by atoms with van der Waals surface area (Å²) in [6.45, 7) is 6.35. The van der Waals surface area contributed by atoms with E-state index in [1.807, 2.05) is 0 Å². The van der Waals surface area contributed by atoms with Crippen LogP contribution in [-0.2, 0) is 28.6 Å². The summed E-state index contributed by atoms with van der Waals surface area (Å²) in [6.07, 6.45) is 90.4. The van der Waals surface area contributed by atoms with Crippen molar-refractivity contribution < 1.29 is 28.6 Å². The molecule has 0 radical (unpaired) electrons. The summed E-state index contributed by atoms with van der Waals surface area (Å²) in [4.78, 5) is 38.3. The van der Waals surface area contributed by atoms with Gasteiger partial charge in [0.1, 0.15) is 13.2 Å². The molecule has 77 heavy (non-hydrogen) atoms. The number of carbonyl (C=O) groups is 3. The fourth-order valence-corrected chi connectivity index (χ4v) is 8.48. The minimum Gasteiger partial charge on any atom is -0.462 e. The first-order valence-corrected chi connectivity index (χ1v) is 31.7. The van der Waals surface area contributed by atoms with Crippen LogP contribution in [0.3, 0.4) is 0 Å². The van der Waals surface area contributed by atoms with Crippen LogP contribution < -0.4 is 0 Å². The second kappa shape index (κ2) is 64.1. The van der Waals surface area contributed by atoms with E-state index >= 15 is 0 Å². The molecule has 0 saturated heterocycles. The number of hydrogen-bond acceptors (Lipinski definition) is 6. The van der Waals surface area contributed by atoms with Gasteiger partial charge < -0.3 is 14.2 Å². The summed E-state index contributed by atoms with van der Waals surface area (Å²) < 4.78 is 16.8. The average molecular weight is 1070 g/mol. The van der Waals surface area contributed by atoms with Crippen molar-refractivity contribution in [1.82, 2.24) is 0 Å². The molecule has 0 fully saturated rings. The predicted molar refractivity (Wildman–Crippen MR) is 334 cm³/mol. The summed E-state index contributed by atoms with van der Waals surface area (Å²) in [5, 5.41) is 0. The van der Waals surface area contributed by atoms with Gasteiger partial charge in [-0.2, -0.15) is 0 Å². The Bertz CT molecular complexity index is 1650. The standard InChI is InChI=1S/C71H116O6/c1-4-7-10-13-16-19-22-25-28-31-33-35-37-40-43-46-49-52-55-58-61-64-70(73)76-67-68(66-75-69(72)63-60-57-54-51-48-45-42-39-30-27-24-21-18-15-12-9-6-3)77-71(74)65-62-59-56-53-50-47-44-41-38-36-34-32-29-26-23-20-17-14-11-8-5-2/h7,9-10,12,16,18-19,21,25,27-28,30,33,35,40,42-43,45,49,51-52,54,68H,4-6,8,11,13-15,17,20,22-24,26,29,31-32,34,36-39,41,44,46-48,50,53,55-67H2,1-3H3/b10-7-,12-9-,19-16-,21-18-,28-25-,30-27-,35-33-,43-40-,45-42-,52-49-,54-51-. The molecule has 1 atom stereocenters. The number of ether oxygens (including phenoxy) is 3. The third-order valence-electron chi connectivity index (χ3n) is 13.2. The van der Waals surface area contributed by atoms with E-state index in [9.17, 15) is 14.4 Å². The molecule has 0 bridgehead atoms. The van der Waals surface area contributed by atoms with Crippen molar-refractivity contribution in [2.75, 3.05) is 13.2 Å². The Balaban J connectivity index is 4.52. The molecule has 0 amide bonds. The third-order valence-corrected chi connectivity index (χ3v) is 13.2. The van der Waals surface area contributed by atoms with Gasteiger partial charge in [-0.3, -0.25) is 14.4 Å². The highest BCUT2D eigenvalue weighted by Crippen LogP contribution is 2.16. The lowest BCUT2D eigenvalue weighted by Gasteiger charge is -2.18. The van der Waals surface area contributed by atoms with E-state index in [2.05, 4.69) is 154 Å². The third kappa shape index (κ3) is 62.3. The molecule has 436 valence electrons. The van der Waals surface area contributed by atoms with Crippen molar-refractivity contribution in [3.05, 3.63) is 134 Å². The smallest absolute Gasteiger partial charge is 0.306 e. The van der Waals surface area contributed by atoms with Gasteiger partial charge in [0.15, 0.2) is 6.10 Å². The predicted octanol–water partition coefficient (Wildman–Crippen LogP) is 21.8. The van der Waals surface area contributed by atoms with Crippen molar-refractivity contribution in [1.29, 1.82) is 0 Å². The Hall–Kier alpha value is -4.45. The fourth-order valence-electron chi connectivity index (χ4n) is 8.48. The highest BCUT2D eigenvalue weighted by molar-refractivity contribution is 5.71. The van der Waals surface area contributed by atoms with Gasteiger partial charge in [0.05, 0.1) is 0 Å². The molecule has 0 aromatic rings. The van der Waals surface area contributed by atoms with Gasteiger partial charge in [0, 0.05) is 19.3 Å². The summed E-state index contributed by atoms with van der Waals surface area (Å²) in [5.74, 6) is -1.01. The normalized spacial score (nSPS) is 13.0. The van der Waals surface area contributed by atoms with Crippen molar-refractivity contribution in [2.45, 2.75) is 284 Å². The Morgan fingerprint density at radius 2 is 0.519 bits per heavy atom. The number of esters is 3. The largest absolute Gasteiger partial charge is 0.462 e. The number of allylic oxidation sites excluding steroid dienone is 22. The number of hydrogen-bond donors (Lipinski definition) is 0. The number of unbranched alkanes of at least 4 members (excludes halogenated alkanes) is 23. The van der Waals surface area contributed by atoms with E-state index in [0.717, 1.165) is 109 Å². The SMILES string of the molecule is CC/C=C\C/C=C\C/C=C\C/C=C\C/C=C\C/C=C\CCCCC(=O)OCC(COC(=O)CCC/C=C\C/C=C\C/C=C\C/C=C\C/C=C\CC)OC(=O)CCCCCCCCCCCCCCCCCCCCCCC. The van der Waals surface area contributed by atoms with Crippen LogP contribution in [0, 0.1) is 0 Å². The van der Waals surface area contributed by atoms with Crippen molar-refractivity contribution in [3.8, 4) is 0 Å². The minimum atomic E-state index is -0.824. The molecule has 0 N–H and O–H groups in total. The zero-order valence-corrected chi connectivity index (χ0v) is 49.9. The Kier molecular flexibility index (Phi) is 60.4. The van der Waals surface area contributed by atoms with Crippen molar-refractivity contribution >= 4 is 17.9 Å². The first-order chi connectivity index (χ1) is 38.0. The molecule has 0 rings (SSSR count). The Morgan fingerprint density at radius 1 is 0.273 bits per heavy atom. The Morgan fingerprint density at radius 3 is 0.844 bits per heavy atom. The van der Waals surface area contributed by atoms with Crippen LogP contribution in [0.5, 0.6) is 0 Å². The van der Waals surface area contributed by atoms with Gasteiger partial charge >= 0.3 is 17.9 Å². The van der Waals surface area contributed by atoms with Gasteiger partial charge in [-0.1, -0.05) is 283 Å². The molecule has 0 aliphatic heterocycles. The second-order valence-electron chi connectivity index (χ2n) is 20.6. The van der Waals surface area contributed by atoms with Crippen LogP contribution >= 0.6 is 0 Å². The molecule has 0 heterocycles. The van der Waals surface area contributed by atoms with Gasteiger partial charge in [-0.05, 0) is 109 Å². The van der Waals surface area contributed by atoms with Crippen LogP contribution in [0.15, 0.2) is 134 Å². The van der Waals surface area contributed by atoms with Crippen molar-refractivity contribution in [2.24, 2.45) is 0 Å². The van der Waals surface area contributed by atoms with Crippen LogP contribution in [0.1, 0.15) is 278 Å². The summed E-state index contributed by atoms with van der Waals surface area (Å²) >= 11 is 0. The highest BCUT2D eigenvalue weighted by Gasteiger charge is 2.19. The molecule has 6 heteroatoms. The van der Waals surface area contributed by atoms with E-state index in [4.69, 9.17) is 14.2 Å². The van der Waals surface area contributed by atoms with E-state index in [1.165, 1.54) is 116 Å². The second-order valence-corrected chi connectivity index (χ2v) is 20.6. The topological polar surface area (TPSA) is 78.9 Å². The van der Waals surface area contributed by atoms with E-state index < -0.39 is 6.10 Å². The van der Waals surface area contributed by atoms with Crippen LogP contribution in [0.4, 0.5) is 0 Å². The average Bonchev–Trinajstić information content (AvgIpc) is 3.43. The quantitative estimate of drug-likeness (QED) is 0.0261. The molecular formula is C71H116O6. The zero-order valence-electron chi connectivity index (χ0n) is 49.9. The lowest BCUT2D eigenvalue weighted by atomic mass is 10.0. The first kappa shape index (κ1) is 72.5. The van der Waals surface area contributed by atoms with Crippen LogP contribution in [-0.4, -0.2) is 37.2 Å². The van der Waals surface area contributed by atoms with Crippen LogP contribution in [0.25, 0.3) is 0 Å². The van der Waals surface area contributed by atoms with E-state index in [1.54, 1.807) is 0 Å². The van der Waals surface area contributed by atoms with E-state index in [0.29, 0.717) is 19.3 Å². The molecule has 0 aliphatic rings. The summed E-state index contributed by atoms with van der Waals surface area (Å²) in [7, 11) is 0. The van der Waals surface area contributed by atoms with Gasteiger partial charge in [-0.25, -0.2) is 0 Å². The highest BCUT2D eigenvalue weighted by atomic mass is 16.6. The molecule has 0 aliphatic carbocycles. The molecule has 0 aromatic heterocycles. The molecule has 0 saturated carbocycles.